The maximum Gasteiger partial charge on any atom is 0.127 e. The lowest BCUT2D eigenvalue weighted by Gasteiger charge is -2.13. The molecule has 0 radical (unpaired) electrons. The number of hydrogen-bond acceptors (Lipinski definition) is 4. The average molecular weight is 237 g/mol. The fourth-order valence-electron chi connectivity index (χ4n) is 1.46. The molecule has 0 aliphatic carbocycles. The van der Waals surface area contributed by atoms with Crippen molar-refractivity contribution in [3.8, 4) is 0 Å². The molecule has 0 fully saturated rings. The number of nitrogen functional groups attached to an aromatic ring is 1. The molecular weight excluding hydrogens is 225 g/mol. The number of anilines is 2. The first kappa shape index (κ1) is 10.9. The molecule has 3 nitrogen and oxygen atoms in total. The maximum atomic E-state index is 13.1. The molecule has 0 saturated heterocycles. The third-order valence-electron chi connectivity index (χ3n) is 2.13. The van der Waals surface area contributed by atoms with E-state index in [4.69, 9.17) is 5.73 Å². The second-order valence-corrected chi connectivity index (χ2v) is 4.44. The molecule has 1 unspecified atom stereocenters. The van der Waals surface area contributed by atoms with E-state index in [1.54, 1.807) is 23.6 Å². The van der Waals surface area contributed by atoms with E-state index in [-0.39, 0.29) is 11.9 Å². The molecule has 2 aromatic rings. The fraction of sp³-hybridized carbons (Fsp3) is 0.182. The lowest BCUT2D eigenvalue weighted by Crippen LogP contribution is -2.06. The second-order valence-electron chi connectivity index (χ2n) is 3.51. The van der Waals surface area contributed by atoms with Gasteiger partial charge in [0.15, 0.2) is 0 Å². The summed E-state index contributed by atoms with van der Waals surface area (Å²) in [4.78, 5) is 4.19. The van der Waals surface area contributed by atoms with Crippen molar-refractivity contribution >= 4 is 22.7 Å². The van der Waals surface area contributed by atoms with Crippen molar-refractivity contribution in [3.63, 3.8) is 0 Å². The van der Waals surface area contributed by atoms with E-state index in [0.717, 1.165) is 5.01 Å². The molecular formula is C11H12FN3S. The Morgan fingerprint density at radius 2 is 2.25 bits per heavy atom. The molecule has 1 aromatic heterocycles. The zero-order chi connectivity index (χ0) is 11.5. The van der Waals surface area contributed by atoms with Gasteiger partial charge in [-0.3, -0.25) is 0 Å². The Labute approximate surface area is 97.1 Å². The van der Waals surface area contributed by atoms with Gasteiger partial charge in [0, 0.05) is 23.0 Å². The van der Waals surface area contributed by atoms with Crippen molar-refractivity contribution in [3.05, 3.63) is 40.6 Å². The molecule has 3 N–H and O–H groups in total. The van der Waals surface area contributed by atoms with Crippen LogP contribution in [0.5, 0.6) is 0 Å². The van der Waals surface area contributed by atoms with Gasteiger partial charge in [0.1, 0.15) is 10.8 Å². The van der Waals surface area contributed by atoms with Crippen LogP contribution in [0, 0.1) is 5.82 Å². The maximum absolute atomic E-state index is 13.1. The third kappa shape index (κ3) is 2.49. The van der Waals surface area contributed by atoms with Crippen LogP contribution < -0.4 is 11.1 Å². The first-order valence-corrected chi connectivity index (χ1v) is 5.75. The minimum atomic E-state index is -0.339. The van der Waals surface area contributed by atoms with Gasteiger partial charge in [-0.2, -0.15) is 0 Å². The first-order valence-electron chi connectivity index (χ1n) is 4.87. The average Bonchev–Trinajstić information content (AvgIpc) is 2.68. The molecule has 2 rings (SSSR count). The summed E-state index contributed by atoms with van der Waals surface area (Å²) in [6, 6.07) is 4.45. The molecule has 0 amide bonds. The van der Waals surface area contributed by atoms with Crippen molar-refractivity contribution in [1.29, 1.82) is 0 Å². The number of nitrogens with zero attached hydrogens (tertiary/aromatic N) is 1. The molecule has 1 heterocycles. The predicted molar refractivity (Wildman–Crippen MR) is 65.0 cm³/mol. The summed E-state index contributed by atoms with van der Waals surface area (Å²) < 4.78 is 13.1. The molecule has 0 bridgehead atoms. The van der Waals surface area contributed by atoms with E-state index in [1.165, 1.54) is 12.1 Å². The second kappa shape index (κ2) is 4.49. The molecule has 5 heteroatoms. The normalized spacial score (nSPS) is 12.4. The van der Waals surface area contributed by atoms with Crippen LogP contribution in [0.2, 0.25) is 0 Å². The Hall–Kier alpha value is -1.62. The van der Waals surface area contributed by atoms with Crippen LogP contribution in [0.25, 0.3) is 0 Å². The van der Waals surface area contributed by atoms with Gasteiger partial charge in [-0.15, -0.1) is 11.3 Å². The summed E-state index contributed by atoms with van der Waals surface area (Å²) in [5.41, 5.74) is 6.64. The topological polar surface area (TPSA) is 50.9 Å². The fourth-order valence-corrected chi connectivity index (χ4v) is 2.10. The number of halogens is 1. The first-order chi connectivity index (χ1) is 7.65. The highest BCUT2D eigenvalue weighted by atomic mass is 32.1. The standard InChI is InChI=1S/C11H12FN3S/c1-7(11-14-2-3-16-11)15-10-5-8(12)4-9(13)6-10/h2-7,15H,13H2,1H3. The smallest absolute Gasteiger partial charge is 0.127 e. The van der Waals surface area contributed by atoms with E-state index in [2.05, 4.69) is 10.3 Å². The highest BCUT2D eigenvalue weighted by Crippen LogP contribution is 2.23. The van der Waals surface area contributed by atoms with E-state index < -0.39 is 0 Å². The third-order valence-corrected chi connectivity index (χ3v) is 3.08. The quantitative estimate of drug-likeness (QED) is 0.807. The molecule has 84 valence electrons. The molecule has 0 saturated carbocycles. The molecule has 0 aliphatic heterocycles. The van der Waals surface area contributed by atoms with Crippen molar-refractivity contribution in [2.75, 3.05) is 11.1 Å². The summed E-state index contributed by atoms with van der Waals surface area (Å²) in [5.74, 6) is -0.339. The minimum absolute atomic E-state index is 0.0428. The van der Waals surface area contributed by atoms with Gasteiger partial charge < -0.3 is 11.1 Å². The van der Waals surface area contributed by atoms with Gasteiger partial charge in [0.05, 0.1) is 6.04 Å². The van der Waals surface area contributed by atoms with Gasteiger partial charge in [0.25, 0.3) is 0 Å². The Balaban J connectivity index is 2.15. The Morgan fingerprint density at radius 3 is 2.88 bits per heavy atom. The minimum Gasteiger partial charge on any atom is -0.399 e. The van der Waals surface area contributed by atoms with E-state index in [9.17, 15) is 4.39 Å². The van der Waals surface area contributed by atoms with Crippen molar-refractivity contribution in [1.82, 2.24) is 4.98 Å². The summed E-state index contributed by atoms with van der Waals surface area (Å²) >= 11 is 1.56. The van der Waals surface area contributed by atoms with E-state index in [0.29, 0.717) is 11.4 Å². The van der Waals surface area contributed by atoms with E-state index >= 15 is 0 Å². The number of rotatable bonds is 3. The lowest BCUT2D eigenvalue weighted by atomic mass is 10.2. The van der Waals surface area contributed by atoms with Gasteiger partial charge in [-0.1, -0.05) is 0 Å². The molecule has 16 heavy (non-hydrogen) atoms. The van der Waals surface area contributed by atoms with Gasteiger partial charge in [-0.05, 0) is 25.1 Å². The monoisotopic (exact) mass is 237 g/mol. The van der Waals surface area contributed by atoms with E-state index in [1.807, 2.05) is 12.3 Å². The van der Waals surface area contributed by atoms with Crippen LogP contribution >= 0.6 is 11.3 Å². The van der Waals surface area contributed by atoms with Crippen LogP contribution in [0.1, 0.15) is 18.0 Å². The molecule has 1 atom stereocenters. The summed E-state index contributed by atoms with van der Waals surface area (Å²) in [5, 5.41) is 6.02. The van der Waals surface area contributed by atoms with Crippen molar-refractivity contribution < 1.29 is 4.39 Å². The summed E-state index contributed by atoms with van der Waals surface area (Å²) in [7, 11) is 0. The predicted octanol–water partition coefficient (Wildman–Crippen LogP) is 3.04. The number of hydrogen-bond donors (Lipinski definition) is 2. The number of aromatic nitrogens is 1. The number of nitrogens with two attached hydrogens (primary N) is 1. The number of thiazole rings is 1. The van der Waals surface area contributed by atoms with Crippen molar-refractivity contribution in [2.45, 2.75) is 13.0 Å². The lowest BCUT2D eigenvalue weighted by molar-refractivity contribution is 0.628. The highest BCUT2D eigenvalue weighted by Gasteiger charge is 2.08. The Morgan fingerprint density at radius 1 is 1.44 bits per heavy atom. The molecule has 0 spiro atoms. The zero-order valence-electron chi connectivity index (χ0n) is 8.77. The summed E-state index contributed by atoms with van der Waals surface area (Å²) in [6.45, 7) is 1.97. The molecule has 0 aliphatic rings. The van der Waals surface area contributed by atoms with Crippen LogP contribution in [-0.2, 0) is 0 Å². The van der Waals surface area contributed by atoms with Gasteiger partial charge >= 0.3 is 0 Å². The summed E-state index contributed by atoms with van der Waals surface area (Å²) in [6.07, 6.45) is 1.75. The Bertz CT molecular complexity index is 450. The number of benzene rings is 1. The SMILES string of the molecule is CC(Nc1cc(N)cc(F)c1)c1nccs1. The van der Waals surface area contributed by atoms with Crippen LogP contribution in [0.4, 0.5) is 15.8 Å². The van der Waals surface area contributed by atoms with Crippen LogP contribution in [0.15, 0.2) is 29.8 Å². The van der Waals surface area contributed by atoms with Crippen LogP contribution in [0.3, 0.4) is 0 Å². The van der Waals surface area contributed by atoms with Crippen LogP contribution in [-0.4, -0.2) is 4.98 Å². The molecule has 1 aromatic carbocycles. The zero-order valence-corrected chi connectivity index (χ0v) is 9.59. The Kier molecular flexibility index (Phi) is 3.05. The van der Waals surface area contributed by atoms with Gasteiger partial charge in [-0.25, -0.2) is 9.37 Å². The largest absolute Gasteiger partial charge is 0.399 e. The van der Waals surface area contributed by atoms with Gasteiger partial charge in [0.2, 0.25) is 0 Å². The van der Waals surface area contributed by atoms with Crippen molar-refractivity contribution in [2.24, 2.45) is 0 Å². The number of nitrogens with one attached hydrogen (secondary N) is 1. The highest BCUT2D eigenvalue weighted by molar-refractivity contribution is 7.09.